The Balaban J connectivity index is 1.11. The van der Waals surface area contributed by atoms with Crippen LogP contribution in [0.15, 0.2) is 54.6 Å². The summed E-state index contributed by atoms with van der Waals surface area (Å²) in [7, 11) is 0. The average molecular weight is 491 g/mol. The lowest BCUT2D eigenvalue weighted by Gasteiger charge is -2.61. The zero-order valence-corrected chi connectivity index (χ0v) is 21.7. The molecule has 1 spiro atoms. The number of carbonyl (C=O) groups excluding carboxylic acids is 1. The second kappa shape index (κ2) is 9.55. The molecule has 1 amide bonds. The number of ether oxygens (including phenoxy) is 1. The molecule has 2 unspecified atom stereocenters. The van der Waals surface area contributed by atoms with Crippen molar-refractivity contribution in [2.24, 2.45) is 5.41 Å². The number of hydrogen-bond acceptors (Lipinski definition) is 4. The van der Waals surface area contributed by atoms with Crippen LogP contribution in [0.2, 0.25) is 0 Å². The first-order valence-electron chi connectivity index (χ1n) is 13.2. The van der Waals surface area contributed by atoms with Gasteiger partial charge in [0.2, 0.25) is 0 Å². The Morgan fingerprint density at radius 1 is 1.06 bits per heavy atom. The molecule has 2 aromatic carbocycles. The highest BCUT2D eigenvalue weighted by Gasteiger charge is 2.58. The zero-order chi connectivity index (χ0) is 25.5. The van der Waals surface area contributed by atoms with Gasteiger partial charge in [0.15, 0.2) is 0 Å². The van der Waals surface area contributed by atoms with Crippen molar-refractivity contribution in [3.05, 3.63) is 71.3 Å². The second-order valence-electron chi connectivity index (χ2n) is 12.1. The molecule has 1 heterocycles. The molecule has 36 heavy (non-hydrogen) atoms. The summed E-state index contributed by atoms with van der Waals surface area (Å²) in [5, 5.41) is 9.04. The van der Waals surface area contributed by atoms with E-state index < -0.39 is 11.6 Å². The van der Waals surface area contributed by atoms with Crippen LogP contribution in [0.3, 0.4) is 0 Å². The van der Waals surface area contributed by atoms with E-state index in [1.165, 1.54) is 11.1 Å². The molecule has 2 aromatic rings. The molecule has 192 valence electrons. The predicted octanol–water partition coefficient (Wildman–Crippen LogP) is 5.58. The normalized spacial score (nSPS) is 23.0. The number of nitrogens with zero attached hydrogens (tertiary/aromatic N) is 2. The fourth-order valence-electron chi connectivity index (χ4n) is 6.19. The Bertz CT molecular complexity index is 1080. The van der Waals surface area contributed by atoms with Gasteiger partial charge in [0.1, 0.15) is 5.60 Å². The van der Waals surface area contributed by atoms with Gasteiger partial charge in [-0.25, -0.2) is 9.59 Å². The maximum Gasteiger partial charge on any atom is 0.410 e. The number of benzene rings is 2. The van der Waals surface area contributed by atoms with Crippen LogP contribution in [0.5, 0.6) is 0 Å². The standard InChI is InChI=1S/C30H38N2O4/c1-29(2,3)36-28(35)32(26-16-25(26)22-9-5-4-6-10-22)24-17-30(18-24)19-31(20-30)15-7-8-21-11-13-23(14-12-21)27(33)34/h4-6,9-14,24-26H,7-8,15-20H2,1-3H3,(H,33,34). The molecule has 5 rings (SSSR count). The second-order valence-corrected chi connectivity index (χ2v) is 12.1. The van der Waals surface area contributed by atoms with Crippen molar-refractivity contribution in [1.29, 1.82) is 0 Å². The van der Waals surface area contributed by atoms with E-state index >= 15 is 0 Å². The van der Waals surface area contributed by atoms with Crippen LogP contribution in [0, 0.1) is 5.41 Å². The van der Waals surface area contributed by atoms with E-state index in [9.17, 15) is 9.59 Å². The van der Waals surface area contributed by atoms with Crippen molar-refractivity contribution in [2.75, 3.05) is 19.6 Å². The molecule has 2 atom stereocenters. The zero-order valence-electron chi connectivity index (χ0n) is 21.7. The van der Waals surface area contributed by atoms with Gasteiger partial charge in [-0.1, -0.05) is 42.5 Å². The molecule has 6 heteroatoms. The highest BCUT2D eigenvalue weighted by Crippen LogP contribution is 2.54. The molecule has 2 saturated carbocycles. The summed E-state index contributed by atoms with van der Waals surface area (Å²) in [5.41, 5.74) is 2.70. The maximum atomic E-state index is 13.2. The quantitative estimate of drug-likeness (QED) is 0.524. The van der Waals surface area contributed by atoms with Crippen molar-refractivity contribution < 1.29 is 19.4 Å². The maximum absolute atomic E-state index is 13.2. The van der Waals surface area contributed by atoms with E-state index in [4.69, 9.17) is 9.84 Å². The monoisotopic (exact) mass is 490 g/mol. The average Bonchev–Trinajstić information content (AvgIpc) is 3.56. The van der Waals surface area contributed by atoms with Crippen LogP contribution in [0.25, 0.3) is 0 Å². The number of carboxylic acid groups (broad SMARTS) is 1. The Labute approximate surface area is 214 Å². The molecule has 0 bridgehead atoms. The van der Waals surface area contributed by atoms with Gasteiger partial charge >= 0.3 is 12.1 Å². The van der Waals surface area contributed by atoms with E-state index in [-0.39, 0.29) is 18.2 Å². The smallest absolute Gasteiger partial charge is 0.410 e. The van der Waals surface area contributed by atoms with Gasteiger partial charge in [-0.15, -0.1) is 0 Å². The number of amides is 1. The van der Waals surface area contributed by atoms with Crippen molar-refractivity contribution >= 4 is 12.1 Å². The van der Waals surface area contributed by atoms with E-state index in [0.717, 1.165) is 51.7 Å². The van der Waals surface area contributed by atoms with Gasteiger partial charge in [-0.05, 0) is 88.1 Å². The summed E-state index contributed by atoms with van der Waals surface area (Å²) < 4.78 is 5.84. The summed E-state index contributed by atoms with van der Waals surface area (Å²) in [4.78, 5) is 28.8. The molecule has 0 aromatic heterocycles. The summed E-state index contributed by atoms with van der Waals surface area (Å²) in [6, 6.07) is 18.3. The SMILES string of the molecule is CC(C)(C)OC(=O)N(C1CC2(C1)CN(CCCc1ccc(C(=O)O)cc1)C2)C1CC1c1ccccc1. The van der Waals surface area contributed by atoms with Gasteiger partial charge in [-0.3, -0.25) is 0 Å². The highest BCUT2D eigenvalue weighted by molar-refractivity contribution is 5.87. The summed E-state index contributed by atoms with van der Waals surface area (Å²) >= 11 is 0. The molecule has 0 radical (unpaired) electrons. The van der Waals surface area contributed by atoms with E-state index in [1.807, 2.05) is 39.0 Å². The third-order valence-corrected chi connectivity index (χ3v) is 7.94. The largest absolute Gasteiger partial charge is 0.478 e. The third kappa shape index (κ3) is 5.44. The Morgan fingerprint density at radius 3 is 2.33 bits per heavy atom. The molecule has 6 nitrogen and oxygen atoms in total. The first-order valence-corrected chi connectivity index (χ1v) is 13.2. The van der Waals surface area contributed by atoms with Gasteiger partial charge in [0.25, 0.3) is 0 Å². The minimum Gasteiger partial charge on any atom is -0.478 e. The highest BCUT2D eigenvalue weighted by atomic mass is 16.6. The minimum atomic E-state index is -0.881. The molecule has 3 fully saturated rings. The van der Waals surface area contributed by atoms with Crippen LogP contribution in [-0.4, -0.2) is 64.3 Å². The number of hydrogen-bond donors (Lipinski definition) is 1. The topological polar surface area (TPSA) is 70.1 Å². The lowest BCUT2D eigenvalue weighted by Crippen LogP contribution is -2.67. The fourth-order valence-corrected chi connectivity index (χ4v) is 6.19. The van der Waals surface area contributed by atoms with Crippen LogP contribution in [0.1, 0.15) is 73.9 Å². The molecule has 3 aliphatic rings. The van der Waals surface area contributed by atoms with E-state index in [0.29, 0.717) is 16.9 Å². The number of carbonyl (C=O) groups is 2. The molecular weight excluding hydrogens is 452 g/mol. The number of rotatable bonds is 8. The molecule has 1 aliphatic heterocycles. The molecular formula is C30H38N2O4. The molecule has 1 saturated heterocycles. The number of likely N-dealkylation sites (tertiary alicyclic amines) is 1. The number of aryl methyl sites for hydroxylation is 1. The van der Waals surface area contributed by atoms with E-state index in [2.05, 4.69) is 34.1 Å². The van der Waals surface area contributed by atoms with Gasteiger partial charge in [-0.2, -0.15) is 0 Å². The van der Waals surface area contributed by atoms with Crippen LogP contribution < -0.4 is 0 Å². The Hall–Kier alpha value is -2.86. The van der Waals surface area contributed by atoms with Crippen LogP contribution in [-0.2, 0) is 11.2 Å². The van der Waals surface area contributed by atoms with Gasteiger partial charge < -0.3 is 19.6 Å². The minimum absolute atomic E-state index is 0.157. The van der Waals surface area contributed by atoms with E-state index in [1.54, 1.807) is 12.1 Å². The van der Waals surface area contributed by atoms with Crippen molar-refractivity contribution in [1.82, 2.24) is 9.80 Å². The first kappa shape index (κ1) is 24.8. The van der Waals surface area contributed by atoms with Crippen molar-refractivity contribution in [3.8, 4) is 0 Å². The summed E-state index contributed by atoms with van der Waals surface area (Å²) in [6.07, 6.45) is 5.02. The molecule has 2 aliphatic carbocycles. The molecule has 1 N–H and O–H groups in total. The van der Waals surface area contributed by atoms with Crippen LogP contribution in [0.4, 0.5) is 4.79 Å². The Kier molecular flexibility index (Phi) is 6.58. The lowest BCUT2D eigenvalue weighted by molar-refractivity contribution is -0.110. The van der Waals surface area contributed by atoms with Gasteiger partial charge in [0.05, 0.1) is 5.56 Å². The third-order valence-electron chi connectivity index (χ3n) is 7.94. The lowest BCUT2D eigenvalue weighted by atomic mass is 9.60. The number of carboxylic acids is 1. The van der Waals surface area contributed by atoms with Crippen molar-refractivity contribution in [2.45, 2.75) is 76.5 Å². The Morgan fingerprint density at radius 2 is 1.72 bits per heavy atom. The first-order chi connectivity index (χ1) is 17.1. The summed E-state index contributed by atoms with van der Waals surface area (Å²) in [6.45, 7) is 9.10. The summed E-state index contributed by atoms with van der Waals surface area (Å²) in [5.74, 6) is -0.466. The van der Waals surface area contributed by atoms with Crippen molar-refractivity contribution in [3.63, 3.8) is 0 Å². The van der Waals surface area contributed by atoms with Gasteiger partial charge in [0, 0.05) is 31.1 Å². The number of aromatic carboxylic acids is 1. The van der Waals surface area contributed by atoms with Crippen LogP contribution >= 0.6 is 0 Å². The predicted molar refractivity (Wildman–Crippen MR) is 139 cm³/mol. The fraction of sp³-hybridized carbons (Fsp3) is 0.533.